The lowest BCUT2D eigenvalue weighted by atomic mass is 10.2. The second-order valence-electron chi connectivity index (χ2n) is 6.04. The number of nitro benzene ring substituents is 1. The number of hydrogen-bond donors (Lipinski definition) is 0. The van der Waals surface area contributed by atoms with Gasteiger partial charge in [0.1, 0.15) is 12.6 Å². The van der Waals surface area contributed by atoms with E-state index in [4.69, 9.17) is 9.47 Å². The van der Waals surface area contributed by atoms with Gasteiger partial charge in [0.2, 0.25) is 5.75 Å². The van der Waals surface area contributed by atoms with Gasteiger partial charge in [-0.25, -0.2) is 9.59 Å². The van der Waals surface area contributed by atoms with E-state index in [1.807, 2.05) is 30.3 Å². The van der Waals surface area contributed by atoms with E-state index in [2.05, 4.69) is 0 Å². The van der Waals surface area contributed by atoms with E-state index in [1.54, 1.807) is 0 Å². The van der Waals surface area contributed by atoms with Crippen LogP contribution in [-0.4, -0.2) is 34.5 Å². The number of carbonyl (C=O) groups is 2. The minimum Gasteiger partial charge on any atom is -0.445 e. The molecule has 0 unspecified atom stereocenters. The Kier molecular flexibility index (Phi) is 5.65. The summed E-state index contributed by atoms with van der Waals surface area (Å²) in [4.78, 5) is 36.6. The van der Waals surface area contributed by atoms with Crippen molar-refractivity contribution < 1.29 is 24.0 Å². The lowest BCUT2D eigenvalue weighted by Crippen LogP contribution is -2.42. The molecule has 0 aliphatic carbocycles. The first-order valence-corrected chi connectivity index (χ1v) is 8.48. The van der Waals surface area contributed by atoms with Crippen molar-refractivity contribution in [1.29, 1.82) is 0 Å². The molecule has 0 N–H and O–H groups in total. The highest BCUT2D eigenvalue weighted by Crippen LogP contribution is 2.28. The number of hydrogen-bond acceptors (Lipinski definition) is 6. The van der Waals surface area contributed by atoms with Crippen molar-refractivity contribution in [1.82, 2.24) is 4.90 Å². The Morgan fingerprint density at radius 3 is 2.56 bits per heavy atom. The maximum absolute atomic E-state index is 12.5. The second kappa shape index (κ2) is 8.31. The minimum atomic E-state index is -0.826. The van der Waals surface area contributed by atoms with Crippen LogP contribution in [0.2, 0.25) is 0 Å². The first kappa shape index (κ1) is 18.4. The number of benzene rings is 2. The Labute approximate surface area is 155 Å². The van der Waals surface area contributed by atoms with E-state index in [0.717, 1.165) is 5.56 Å². The molecule has 0 saturated carbocycles. The third-order valence-corrected chi connectivity index (χ3v) is 4.24. The van der Waals surface area contributed by atoms with Crippen molar-refractivity contribution in [2.24, 2.45) is 0 Å². The summed E-state index contributed by atoms with van der Waals surface area (Å²) in [5, 5.41) is 11.0. The first-order valence-electron chi connectivity index (χ1n) is 8.48. The number of ether oxygens (including phenoxy) is 2. The molecule has 0 bridgehead atoms. The van der Waals surface area contributed by atoms with Crippen LogP contribution in [0.1, 0.15) is 18.4 Å². The topological polar surface area (TPSA) is 99.0 Å². The molecule has 8 heteroatoms. The molecule has 1 aliphatic heterocycles. The van der Waals surface area contributed by atoms with E-state index in [1.165, 1.54) is 29.2 Å². The summed E-state index contributed by atoms with van der Waals surface area (Å²) in [5.41, 5.74) is 0.533. The Balaban J connectivity index is 1.64. The van der Waals surface area contributed by atoms with Crippen molar-refractivity contribution in [2.45, 2.75) is 25.5 Å². The molecule has 2 aromatic rings. The predicted molar refractivity (Wildman–Crippen MR) is 95.1 cm³/mol. The van der Waals surface area contributed by atoms with Gasteiger partial charge < -0.3 is 9.47 Å². The summed E-state index contributed by atoms with van der Waals surface area (Å²) in [6.07, 6.45) is 0.428. The molecule has 27 heavy (non-hydrogen) atoms. The Hall–Kier alpha value is -3.42. The zero-order valence-corrected chi connectivity index (χ0v) is 14.4. The van der Waals surface area contributed by atoms with Crippen LogP contribution in [0.4, 0.5) is 10.5 Å². The molecule has 1 atom stereocenters. The Bertz CT molecular complexity index is 839. The van der Waals surface area contributed by atoms with Gasteiger partial charge >= 0.3 is 17.7 Å². The molecule has 8 nitrogen and oxygen atoms in total. The van der Waals surface area contributed by atoms with Crippen LogP contribution >= 0.6 is 0 Å². The van der Waals surface area contributed by atoms with E-state index in [9.17, 15) is 19.7 Å². The van der Waals surface area contributed by atoms with Crippen molar-refractivity contribution in [2.75, 3.05) is 6.54 Å². The number of nitro groups is 1. The monoisotopic (exact) mass is 370 g/mol. The first-order chi connectivity index (χ1) is 13.1. The molecule has 1 amide bonds. The van der Waals surface area contributed by atoms with Gasteiger partial charge in [-0.15, -0.1) is 0 Å². The highest BCUT2D eigenvalue weighted by Gasteiger charge is 2.37. The fourth-order valence-electron chi connectivity index (χ4n) is 2.90. The highest BCUT2D eigenvalue weighted by atomic mass is 16.6. The third-order valence-electron chi connectivity index (χ3n) is 4.24. The SMILES string of the molecule is O=C(Oc1ccccc1[N+](=O)[O-])[C@@H]1CCCN1C(=O)OCc1ccccc1. The summed E-state index contributed by atoms with van der Waals surface area (Å²) in [5.74, 6) is -0.851. The smallest absolute Gasteiger partial charge is 0.410 e. The molecule has 1 aliphatic rings. The molecule has 2 aromatic carbocycles. The second-order valence-corrected chi connectivity index (χ2v) is 6.04. The number of carbonyl (C=O) groups excluding carboxylic acids is 2. The largest absolute Gasteiger partial charge is 0.445 e. The molecule has 0 radical (unpaired) electrons. The number of likely N-dealkylation sites (tertiary alicyclic amines) is 1. The molecule has 3 rings (SSSR count). The normalized spacial score (nSPS) is 16.0. The van der Waals surface area contributed by atoms with Crippen LogP contribution in [0.25, 0.3) is 0 Å². The van der Waals surface area contributed by atoms with Gasteiger partial charge in [0.15, 0.2) is 0 Å². The van der Waals surface area contributed by atoms with Crippen LogP contribution in [0, 0.1) is 10.1 Å². The number of esters is 1. The van der Waals surface area contributed by atoms with Crippen molar-refractivity contribution >= 4 is 17.7 Å². The molecule has 140 valence electrons. The number of amides is 1. The van der Waals surface area contributed by atoms with Gasteiger partial charge in [0, 0.05) is 12.6 Å². The predicted octanol–water partition coefficient (Wildman–Crippen LogP) is 3.30. The van der Waals surface area contributed by atoms with Gasteiger partial charge in [-0.05, 0) is 24.5 Å². The van der Waals surface area contributed by atoms with E-state index in [0.29, 0.717) is 19.4 Å². The zero-order chi connectivity index (χ0) is 19.2. The quantitative estimate of drug-likeness (QED) is 0.347. The highest BCUT2D eigenvalue weighted by molar-refractivity contribution is 5.84. The van der Waals surface area contributed by atoms with Gasteiger partial charge in [-0.2, -0.15) is 0 Å². The molecule has 1 fully saturated rings. The van der Waals surface area contributed by atoms with Crippen LogP contribution in [0.5, 0.6) is 5.75 Å². The minimum absolute atomic E-state index is 0.0993. The molecule has 0 aromatic heterocycles. The lowest BCUT2D eigenvalue weighted by Gasteiger charge is -2.22. The van der Waals surface area contributed by atoms with Crippen LogP contribution in [0.15, 0.2) is 54.6 Å². The van der Waals surface area contributed by atoms with Gasteiger partial charge in [0.25, 0.3) is 0 Å². The Morgan fingerprint density at radius 1 is 1.11 bits per heavy atom. The third kappa shape index (κ3) is 4.41. The van der Waals surface area contributed by atoms with E-state index < -0.39 is 23.0 Å². The number of rotatable bonds is 5. The van der Waals surface area contributed by atoms with Gasteiger partial charge in [-0.1, -0.05) is 42.5 Å². The fourth-order valence-corrected chi connectivity index (χ4v) is 2.90. The zero-order valence-electron chi connectivity index (χ0n) is 14.4. The summed E-state index contributed by atoms with van der Waals surface area (Å²) in [6, 6.07) is 14.0. The molecular formula is C19H18N2O6. The standard InChI is InChI=1S/C19H18N2O6/c22-18(27-17-11-5-4-9-15(17)21(24)25)16-10-6-12-20(16)19(23)26-13-14-7-2-1-3-8-14/h1-5,7-9,11,16H,6,10,12-13H2/t16-/m0/s1. The molecule has 1 heterocycles. The number of nitrogens with zero attached hydrogens (tertiary/aromatic N) is 2. The van der Waals surface area contributed by atoms with Crippen LogP contribution in [0.3, 0.4) is 0 Å². The maximum atomic E-state index is 12.5. The summed E-state index contributed by atoms with van der Waals surface area (Å²) in [6.45, 7) is 0.465. The maximum Gasteiger partial charge on any atom is 0.410 e. The fraction of sp³-hybridized carbons (Fsp3) is 0.263. The Morgan fingerprint density at radius 2 is 1.81 bits per heavy atom. The summed E-state index contributed by atoms with van der Waals surface area (Å²) < 4.78 is 10.5. The van der Waals surface area contributed by atoms with Crippen molar-refractivity contribution in [3.63, 3.8) is 0 Å². The van der Waals surface area contributed by atoms with E-state index in [-0.39, 0.29) is 18.0 Å². The molecule has 0 spiro atoms. The van der Waals surface area contributed by atoms with Crippen LogP contribution < -0.4 is 4.74 Å². The molecular weight excluding hydrogens is 352 g/mol. The molecule has 1 saturated heterocycles. The van der Waals surface area contributed by atoms with E-state index >= 15 is 0 Å². The van der Waals surface area contributed by atoms with Gasteiger partial charge in [0.05, 0.1) is 4.92 Å². The van der Waals surface area contributed by atoms with Crippen molar-refractivity contribution in [3.05, 3.63) is 70.3 Å². The summed E-state index contributed by atoms with van der Waals surface area (Å²) >= 11 is 0. The summed E-state index contributed by atoms with van der Waals surface area (Å²) in [7, 11) is 0. The van der Waals surface area contributed by atoms with Crippen molar-refractivity contribution in [3.8, 4) is 5.75 Å². The van der Waals surface area contributed by atoms with Gasteiger partial charge in [-0.3, -0.25) is 15.0 Å². The van der Waals surface area contributed by atoms with Crippen LogP contribution in [-0.2, 0) is 16.1 Å². The number of para-hydroxylation sites is 2. The average molecular weight is 370 g/mol. The lowest BCUT2D eigenvalue weighted by molar-refractivity contribution is -0.385. The average Bonchev–Trinajstić information content (AvgIpc) is 3.17.